The van der Waals surface area contributed by atoms with E-state index in [1.165, 1.54) is 5.56 Å². The van der Waals surface area contributed by atoms with E-state index >= 15 is 0 Å². The highest BCUT2D eigenvalue weighted by atomic mass is 16.1. The van der Waals surface area contributed by atoms with Crippen LogP contribution in [0.5, 0.6) is 0 Å². The minimum Gasteiger partial charge on any atom is -0.369 e. The zero-order chi connectivity index (χ0) is 11.5. The Labute approximate surface area is 95.8 Å². The van der Waals surface area contributed by atoms with Gasteiger partial charge in [-0.05, 0) is 29.9 Å². The van der Waals surface area contributed by atoms with Crippen LogP contribution in [0.2, 0.25) is 0 Å². The lowest BCUT2D eigenvalue weighted by atomic mass is 9.88. The molecular weight excluding hydrogens is 200 g/mol. The van der Waals surface area contributed by atoms with Gasteiger partial charge in [0.1, 0.15) is 0 Å². The van der Waals surface area contributed by atoms with Gasteiger partial charge < -0.3 is 11.5 Å². The maximum atomic E-state index is 11.3. The summed E-state index contributed by atoms with van der Waals surface area (Å²) in [5, 5.41) is 0. The Morgan fingerprint density at radius 1 is 1.38 bits per heavy atom. The lowest BCUT2D eigenvalue weighted by molar-refractivity contribution is -0.122. The molecule has 4 N–H and O–H groups in total. The third-order valence-electron chi connectivity index (χ3n) is 3.50. The first kappa shape index (κ1) is 11.1. The summed E-state index contributed by atoms with van der Waals surface area (Å²) in [7, 11) is 0. The molecule has 2 atom stereocenters. The highest BCUT2D eigenvalue weighted by molar-refractivity contribution is 5.78. The molecule has 3 heteroatoms. The summed E-state index contributed by atoms with van der Waals surface area (Å²) in [6.07, 6.45) is 3.07. The zero-order valence-electron chi connectivity index (χ0n) is 9.36. The number of carbonyl (C=O) groups excluding carboxylic acids is 1. The van der Waals surface area contributed by atoms with Crippen LogP contribution in [0.25, 0.3) is 0 Å². The van der Waals surface area contributed by atoms with Crippen molar-refractivity contribution in [1.29, 1.82) is 0 Å². The number of rotatable bonds is 3. The van der Waals surface area contributed by atoms with Crippen molar-refractivity contribution >= 4 is 5.91 Å². The molecule has 1 aliphatic carbocycles. The van der Waals surface area contributed by atoms with Crippen molar-refractivity contribution in [2.45, 2.75) is 31.7 Å². The summed E-state index contributed by atoms with van der Waals surface area (Å²) < 4.78 is 0. The van der Waals surface area contributed by atoms with E-state index < -0.39 is 0 Å². The maximum absolute atomic E-state index is 11.3. The van der Waals surface area contributed by atoms with Gasteiger partial charge in [0.2, 0.25) is 5.91 Å². The van der Waals surface area contributed by atoms with Gasteiger partial charge in [-0.2, -0.15) is 0 Å². The predicted octanol–water partition coefficient (Wildman–Crippen LogP) is 1.51. The topological polar surface area (TPSA) is 69.1 Å². The summed E-state index contributed by atoms with van der Waals surface area (Å²) in [4.78, 5) is 11.3. The molecule has 16 heavy (non-hydrogen) atoms. The second-order valence-electron chi connectivity index (χ2n) is 4.50. The van der Waals surface area contributed by atoms with Crippen LogP contribution in [-0.2, 0) is 11.3 Å². The molecule has 0 aromatic heterocycles. The normalized spacial score (nSPS) is 24.6. The van der Waals surface area contributed by atoms with Gasteiger partial charge in [0.25, 0.3) is 0 Å². The second-order valence-corrected chi connectivity index (χ2v) is 4.50. The van der Waals surface area contributed by atoms with Crippen LogP contribution in [-0.4, -0.2) is 5.91 Å². The van der Waals surface area contributed by atoms with Gasteiger partial charge in [0.05, 0.1) is 0 Å². The van der Waals surface area contributed by atoms with E-state index in [0.29, 0.717) is 12.5 Å². The molecule has 2 unspecified atom stereocenters. The Kier molecular flexibility index (Phi) is 3.25. The summed E-state index contributed by atoms with van der Waals surface area (Å²) in [6, 6.07) is 8.20. The van der Waals surface area contributed by atoms with Crippen LogP contribution in [0.4, 0.5) is 0 Å². The molecule has 0 bridgehead atoms. The van der Waals surface area contributed by atoms with E-state index in [4.69, 9.17) is 11.5 Å². The van der Waals surface area contributed by atoms with Crippen LogP contribution in [0.1, 0.15) is 36.3 Å². The van der Waals surface area contributed by atoms with Crippen LogP contribution >= 0.6 is 0 Å². The smallest absolute Gasteiger partial charge is 0.221 e. The van der Waals surface area contributed by atoms with Crippen LogP contribution in [0.15, 0.2) is 24.3 Å². The van der Waals surface area contributed by atoms with E-state index in [1.807, 2.05) is 12.1 Å². The molecule has 86 valence electrons. The van der Waals surface area contributed by atoms with E-state index in [0.717, 1.165) is 24.8 Å². The summed E-state index contributed by atoms with van der Waals surface area (Å²) in [5.74, 6) is 0.137. The van der Waals surface area contributed by atoms with Crippen LogP contribution in [0, 0.1) is 5.92 Å². The van der Waals surface area contributed by atoms with E-state index in [1.54, 1.807) is 0 Å². The largest absolute Gasteiger partial charge is 0.369 e. The standard InChI is InChI=1S/C13H18N2O/c14-8-9-3-1-4-10(7-9)11-5-2-6-12(11)13(15)16/h1,3-4,7,11-12H,2,5-6,8,14H2,(H2,15,16). The number of nitrogens with two attached hydrogens (primary N) is 2. The third-order valence-corrected chi connectivity index (χ3v) is 3.50. The number of carbonyl (C=O) groups is 1. The average molecular weight is 218 g/mol. The van der Waals surface area contributed by atoms with Crippen molar-refractivity contribution in [2.24, 2.45) is 17.4 Å². The fourth-order valence-corrected chi connectivity index (χ4v) is 2.65. The average Bonchev–Trinajstić information content (AvgIpc) is 2.78. The van der Waals surface area contributed by atoms with Crippen molar-refractivity contribution in [3.63, 3.8) is 0 Å². The highest BCUT2D eigenvalue weighted by Gasteiger charge is 2.32. The lowest BCUT2D eigenvalue weighted by Crippen LogP contribution is -2.25. The first-order valence-corrected chi connectivity index (χ1v) is 5.80. The van der Waals surface area contributed by atoms with Gasteiger partial charge in [-0.15, -0.1) is 0 Å². The second kappa shape index (κ2) is 4.66. The van der Waals surface area contributed by atoms with Gasteiger partial charge in [-0.25, -0.2) is 0 Å². The summed E-state index contributed by atoms with van der Waals surface area (Å²) in [6.45, 7) is 0.543. The van der Waals surface area contributed by atoms with Gasteiger partial charge in [-0.1, -0.05) is 30.7 Å². The molecule has 2 rings (SSSR count). The molecule has 0 spiro atoms. The molecule has 0 heterocycles. The van der Waals surface area contributed by atoms with Crippen molar-refractivity contribution in [2.75, 3.05) is 0 Å². The Morgan fingerprint density at radius 2 is 2.19 bits per heavy atom. The number of benzene rings is 1. The van der Waals surface area contributed by atoms with Gasteiger partial charge >= 0.3 is 0 Å². The van der Waals surface area contributed by atoms with Crippen molar-refractivity contribution in [3.05, 3.63) is 35.4 Å². The fourth-order valence-electron chi connectivity index (χ4n) is 2.65. The van der Waals surface area contributed by atoms with Crippen molar-refractivity contribution < 1.29 is 4.79 Å². The Morgan fingerprint density at radius 3 is 2.88 bits per heavy atom. The number of primary amides is 1. The minimum atomic E-state index is -0.166. The molecular formula is C13H18N2O. The van der Waals surface area contributed by atoms with Gasteiger partial charge in [0.15, 0.2) is 0 Å². The molecule has 1 aliphatic rings. The number of hydrogen-bond acceptors (Lipinski definition) is 2. The molecule has 1 fully saturated rings. The van der Waals surface area contributed by atoms with Crippen molar-refractivity contribution in [1.82, 2.24) is 0 Å². The lowest BCUT2D eigenvalue weighted by Gasteiger charge is -2.17. The Bertz CT molecular complexity index is 389. The predicted molar refractivity (Wildman–Crippen MR) is 63.6 cm³/mol. The van der Waals surface area contributed by atoms with Gasteiger partial charge in [0, 0.05) is 12.5 Å². The third kappa shape index (κ3) is 2.09. The quantitative estimate of drug-likeness (QED) is 0.807. The molecule has 1 saturated carbocycles. The maximum Gasteiger partial charge on any atom is 0.221 e. The zero-order valence-corrected chi connectivity index (χ0v) is 9.36. The van der Waals surface area contributed by atoms with Gasteiger partial charge in [-0.3, -0.25) is 4.79 Å². The number of hydrogen-bond donors (Lipinski definition) is 2. The van der Waals surface area contributed by atoms with E-state index in [9.17, 15) is 4.79 Å². The van der Waals surface area contributed by atoms with E-state index in [-0.39, 0.29) is 11.8 Å². The molecule has 1 amide bonds. The van der Waals surface area contributed by atoms with E-state index in [2.05, 4.69) is 12.1 Å². The SMILES string of the molecule is NCc1cccc(C2CCCC2C(N)=O)c1. The molecule has 1 aromatic carbocycles. The van der Waals surface area contributed by atoms with Crippen molar-refractivity contribution in [3.8, 4) is 0 Å². The fraction of sp³-hybridized carbons (Fsp3) is 0.462. The molecule has 0 saturated heterocycles. The summed E-state index contributed by atoms with van der Waals surface area (Å²) in [5.41, 5.74) is 13.4. The molecule has 0 radical (unpaired) electrons. The minimum absolute atomic E-state index is 0.00743. The number of amides is 1. The summed E-state index contributed by atoms with van der Waals surface area (Å²) >= 11 is 0. The molecule has 3 nitrogen and oxygen atoms in total. The first-order chi connectivity index (χ1) is 7.72. The highest BCUT2D eigenvalue weighted by Crippen LogP contribution is 2.39. The van der Waals surface area contributed by atoms with Crippen LogP contribution < -0.4 is 11.5 Å². The Balaban J connectivity index is 2.25. The first-order valence-electron chi connectivity index (χ1n) is 5.80. The monoisotopic (exact) mass is 218 g/mol. The molecule has 0 aliphatic heterocycles. The Hall–Kier alpha value is -1.35. The molecule has 1 aromatic rings. The van der Waals surface area contributed by atoms with Crippen LogP contribution in [0.3, 0.4) is 0 Å².